The molecule has 0 amide bonds. The average Bonchev–Trinajstić information content (AvgIpc) is 2.21. The minimum Gasteiger partial charge on any atom is -0.327 e. The van der Waals surface area contributed by atoms with Gasteiger partial charge in [0, 0.05) is 12.5 Å². The van der Waals surface area contributed by atoms with E-state index >= 15 is 0 Å². The first-order valence-electron chi connectivity index (χ1n) is 6.35. The molecule has 0 bridgehead atoms. The SMILES string of the molecule is Cc1ccc(F)c(C(=O)CC(N)CC(C)(C)C)c1F. The average molecular weight is 269 g/mol. The topological polar surface area (TPSA) is 43.1 Å². The molecule has 1 aromatic carbocycles. The van der Waals surface area contributed by atoms with E-state index in [2.05, 4.69) is 0 Å². The molecule has 2 N–H and O–H groups in total. The molecule has 2 nitrogen and oxygen atoms in total. The van der Waals surface area contributed by atoms with Crippen LogP contribution in [-0.4, -0.2) is 11.8 Å². The lowest BCUT2D eigenvalue weighted by atomic mass is 9.86. The number of rotatable bonds is 4. The van der Waals surface area contributed by atoms with Crippen LogP contribution in [0.25, 0.3) is 0 Å². The lowest BCUT2D eigenvalue weighted by Crippen LogP contribution is -2.29. The van der Waals surface area contributed by atoms with Gasteiger partial charge in [0.15, 0.2) is 5.78 Å². The highest BCUT2D eigenvalue weighted by atomic mass is 19.1. The molecule has 1 atom stereocenters. The highest BCUT2D eigenvalue weighted by Crippen LogP contribution is 2.23. The van der Waals surface area contributed by atoms with Gasteiger partial charge in [-0.2, -0.15) is 0 Å². The smallest absolute Gasteiger partial charge is 0.170 e. The fourth-order valence-electron chi connectivity index (χ4n) is 2.11. The number of Topliss-reactive ketones (excluding diaryl/α,β-unsaturated/α-hetero) is 1. The van der Waals surface area contributed by atoms with Crippen molar-refractivity contribution in [3.8, 4) is 0 Å². The van der Waals surface area contributed by atoms with Gasteiger partial charge in [-0.3, -0.25) is 4.79 Å². The van der Waals surface area contributed by atoms with E-state index in [9.17, 15) is 13.6 Å². The van der Waals surface area contributed by atoms with Gasteiger partial charge in [0.05, 0.1) is 5.56 Å². The molecule has 1 unspecified atom stereocenters. The number of ketones is 1. The highest BCUT2D eigenvalue weighted by Gasteiger charge is 2.23. The van der Waals surface area contributed by atoms with Gasteiger partial charge in [0.1, 0.15) is 11.6 Å². The van der Waals surface area contributed by atoms with E-state index in [0.29, 0.717) is 6.42 Å². The zero-order valence-corrected chi connectivity index (χ0v) is 11.9. The van der Waals surface area contributed by atoms with E-state index in [-0.39, 0.29) is 17.4 Å². The number of nitrogens with two attached hydrogens (primary N) is 1. The summed E-state index contributed by atoms with van der Waals surface area (Å²) in [5.41, 5.74) is 5.64. The van der Waals surface area contributed by atoms with E-state index in [1.807, 2.05) is 20.8 Å². The second-order valence-electron chi connectivity index (χ2n) is 6.21. The van der Waals surface area contributed by atoms with Crippen LogP contribution in [0.5, 0.6) is 0 Å². The third kappa shape index (κ3) is 4.39. The summed E-state index contributed by atoms with van der Waals surface area (Å²) in [5.74, 6) is -2.18. The van der Waals surface area contributed by atoms with Crippen molar-refractivity contribution in [2.75, 3.05) is 0 Å². The van der Waals surface area contributed by atoms with E-state index in [4.69, 9.17) is 5.73 Å². The van der Waals surface area contributed by atoms with Crippen LogP contribution < -0.4 is 5.73 Å². The molecule has 0 saturated carbocycles. The van der Waals surface area contributed by atoms with Gasteiger partial charge in [0.25, 0.3) is 0 Å². The molecule has 0 saturated heterocycles. The molecule has 106 valence electrons. The summed E-state index contributed by atoms with van der Waals surface area (Å²) in [7, 11) is 0. The summed E-state index contributed by atoms with van der Waals surface area (Å²) in [4.78, 5) is 12.0. The first-order chi connectivity index (χ1) is 8.61. The Hall–Kier alpha value is -1.29. The maximum atomic E-state index is 13.8. The zero-order chi connectivity index (χ0) is 14.8. The molecule has 1 aromatic rings. The van der Waals surface area contributed by atoms with E-state index in [0.717, 1.165) is 6.07 Å². The second kappa shape index (κ2) is 5.78. The number of hydrogen-bond donors (Lipinski definition) is 1. The minimum absolute atomic E-state index is 0.0244. The molecule has 0 fully saturated rings. The van der Waals surface area contributed by atoms with Crippen LogP contribution in [0.3, 0.4) is 0 Å². The van der Waals surface area contributed by atoms with Crippen LogP contribution in [0.2, 0.25) is 0 Å². The van der Waals surface area contributed by atoms with Crippen LogP contribution in [0, 0.1) is 24.0 Å². The van der Waals surface area contributed by atoms with Gasteiger partial charge >= 0.3 is 0 Å². The molecule has 0 spiro atoms. The molecule has 19 heavy (non-hydrogen) atoms. The monoisotopic (exact) mass is 269 g/mol. The first-order valence-corrected chi connectivity index (χ1v) is 6.35. The molecule has 0 aliphatic carbocycles. The molecule has 0 heterocycles. The van der Waals surface area contributed by atoms with Crippen molar-refractivity contribution >= 4 is 5.78 Å². The van der Waals surface area contributed by atoms with Gasteiger partial charge < -0.3 is 5.73 Å². The molecule has 0 aliphatic rings. The molecular weight excluding hydrogens is 248 g/mol. The Morgan fingerprint density at radius 1 is 1.32 bits per heavy atom. The van der Waals surface area contributed by atoms with Crippen molar-refractivity contribution in [1.82, 2.24) is 0 Å². The van der Waals surface area contributed by atoms with Crippen molar-refractivity contribution in [1.29, 1.82) is 0 Å². The number of hydrogen-bond acceptors (Lipinski definition) is 2. The Kier molecular flexibility index (Phi) is 4.80. The minimum atomic E-state index is -0.823. The van der Waals surface area contributed by atoms with Crippen LogP contribution in [0.4, 0.5) is 8.78 Å². The Balaban J connectivity index is 2.88. The predicted molar refractivity (Wildman–Crippen MR) is 72.1 cm³/mol. The maximum absolute atomic E-state index is 13.8. The summed E-state index contributed by atoms with van der Waals surface area (Å²) in [6.45, 7) is 7.52. The Bertz CT molecular complexity index is 478. The van der Waals surface area contributed by atoms with E-state index in [1.54, 1.807) is 0 Å². The molecule has 4 heteroatoms. The van der Waals surface area contributed by atoms with E-state index < -0.39 is 29.0 Å². The predicted octanol–water partition coefficient (Wildman–Crippen LogP) is 3.61. The normalized spacial score (nSPS) is 13.4. The molecule has 0 aromatic heterocycles. The lowest BCUT2D eigenvalue weighted by molar-refractivity contribution is 0.0960. The van der Waals surface area contributed by atoms with Crippen LogP contribution in [-0.2, 0) is 0 Å². The fraction of sp³-hybridized carbons (Fsp3) is 0.533. The largest absolute Gasteiger partial charge is 0.327 e. The summed E-state index contributed by atoms with van der Waals surface area (Å²) in [5, 5.41) is 0. The molecule has 0 aliphatic heterocycles. The fourth-order valence-corrected chi connectivity index (χ4v) is 2.11. The Morgan fingerprint density at radius 3 is 2.42 bits per heavy atom. The standard InChI is InChI=1S/C15H21F2NO/c1-9-5-6-11(16)13(14(9)17)12(19)7-10(18)8-15(2,3)4/h5-6,10H,7-8,18H2,1-4H3. The van der Waals surface area contributed by atoms with Gasteiger partial charge in [0.2, 0.25) is 0 Å². The third-order valence-electron chi connectivity index (χ3n) is 2.89. The number of halogens is 2. The summed E-state index contributed by atoms with van der Waals surface area (Å²) in [6.07, 6.45) is 0.572. The number of carbonyl (C=O) groups is 1. The Morgan fingerprint density at radius 2 is 1.89 bits per heavy atom. The van der Waals surface area contributed by atoms with Crippen molar-refractivity contribution in [2.45, 2.75) is 46.6 Å². The molecular formula is C15H21F2NO. The summed E-state index contributed by atoms with van der Waals surface area (Å²) in [6, 6.07) is 2.03. The summed E-state index contributed by atoms with van der Waals surface area (Å²) < 4.78 is 27.4. The zero-order valence-electron chi connectivity index (χ0n) is 11.9. The van der Waals surface area contributed by atoms with E-state index in [1.165, 1.54) is 13.0 Å². The van der Waals surface area contributed by atoms with Crippen LogP contribution in [0.1, 0.15) is 49.5 Å². The van der Waals surface area contributed by atoms with Crippen molar-refractivity contribution in [3.63, 3.8) is 0 Å². The lowest BCUT2D eigenvalue weighted by Gasteiger charge is -2.22. The Labute approximate surface area is 113 Å². The summed E-state index contributed by atoms with van der Waals surface area (Å²) >= 11 is 0. The quantitative estimate of drug-likeness (QED) is 0.848. The molecule has 1 rings (SSSR count). The van der Waals surface area contributed by atoms with Gasteiger partial charge in [-0.05, 0) is 30.4 Å². The number of benzene rings is 1. The van der Waals surface area contributed by atoms with Crippen LogP contribution in [0.15, 0.2) is 12.1 Å². The van der Waals surface area contributed by atoms with Crippen molar-refractivity contribution in [2.24, 2.45) is 11.1 Å². The number of aryl methyl sites for hydroxylation is 1. The third-order valence-corrected chi connectivity index (χ3v) is 2.89. The molecule has 0 radical (unpaired) electrons. The van der Waals surface area contributed by atoms with Gasteiger partial charge in [-0.15, -0.1) is 0 Å². The first kappa shape index (κ1) is 15.8. The highest BCUT2D eigenvalue weighted by molar-refractivity contribution is 5.97. The van der Waals surface area contributed by atoms with Crippen LogP contribution >= 0.6 is 0 Å². The van der Waals surface area contributed by atoms with Crippen molar-refractivity contribution in [3.05, 3.63) is 34.9 Å². The van der Waals surface area contributed by atoms with Gasteiger partial charge in [-0.25, -0.2) is 8.78 Å². The van der Waals surface area contributed by atoms with Gasteiger partial charge in [-0.1, -0.05) is 26.8 Å². The maximum Gasteiger partial charge on any atom is 0.170 e. The second-order valence-corrected chi connectivity index (χ2v) is 6.21. The number of carbonyl (C=O) groups excluding carboxylic acids is 1. The van der Waals surface area contributed by atoms with Crippen molar-refractivity contribution < 1.29 is 13.6 Å².